The molecule has 1 amide bonds. The topological polar surface area (TPSA) is 95.6 Å². The van der Waals surface area contributed by atoms with Gasteiger partial charge in [0.1, 0.15) is 11.8 Å². The molecule has 4 fully saturated rings. The molecule has 0 radical (unpaired) electrons. The number of hydrogen-bond donors (Lipinski definition) is 3. The lowest BCUT2D eigenvalue weighted by Crippen LogP contribution is -2.60. The van der Waals surface area contributed by atoms with Crippen molar-refractivity contribution in [3.05, 3.63) is 12.7 Å². The van der Waals surface area contributed by atoms with Crippen molar-refractivity contribution in [1.82, 2.24) is 25.4 Å². The summed E-state index contributed by atoms with van der Waals surface area (Å²) in [5.41, 5.74) is 7.63. The number of H-pyrrole nitrogens is 1. The van der Waals surface area contributed by atoms with Crippen LogP contribution in [0.3, 0.4) is 0 Å². The molecule has 4 bridgehead atoms. The van der Waals surface area contributed by atoms with Crippen molar-refractivity contribution in [3.63, 3.8) is 0 Å². The second-order valence-corrected chi connectivity index (χ2v) is 9.31. The average molecular weight is 340 g/mol. The Bertz CT molecular complexity index is 842. The normalized spacial score (nSPS) is 38.9. The monoisotopic (exact) mass is 340 g/mol. The molecule has 2 aromatic rings. The first kappa shape index (κ1) is 15.1. The maximum Gasteiger partial charge on any atom is 0.244 e. The third-order valence-electron chi connectivity index (χ3n) is 6.63. The maximum atomic E-state index is 13.2. The molecule has 4 saturated carbocycles. The van der Waals surface area contributed by atoms with Gasteiger partial charge in [-0.1, -0.05) is 13.8 Å². The molecule has 25 heavy (non-hydrogen) atoms. The zero-order valence-electron chi connectivity index (χ0n) is 14.7. The van der Waals surface area contributed by atoms with Crippen molar-refractivity contribution < 1.29 is 4.79 Å². The van der Waals surface area contributed by atoms with Gasteiger partial charge in [0.2, 0.25) is 5.91 Å². The van der Waals surface area contributed by atoms with E-state index in [4.69, 9.17) is 0 Å². The second kappa shape index (κ2) is 4.71. The highest BCUT2D eigenvalue weighted by atomic mass is 16.2. The van der Waals surface area contributed by atoms with Gasteiger partial charge in [0.25, 0.3) is 0 Å². The van der Waals surface area contributed by atoms with Crippen LogP contribution in [0.2, 0.25) is 0 Å². The van der Waals surface area contributed by atoms with Gasteiger partial charge in [-0.25, -0.2) is 15.0 Å². The third-order valence-corrected chi connectivity index (χ3v) is 6.63. The molecular weight excluding hydrogens is 316 g/mol. The number of aromatic amines is 1. The Hall–Kier alpha value is -2.18. The van der Waals surface area contributed by atoms with Crippen LogP contribution in [-0.2, 0) is 4.79 Å². The highest BCUT2D eigenvalue weighted by molar-refractivity contribution is 5.87. The average Bonchev–Trinajstić information content (AvgIpc) is 2.98. The van der Waals surface area contributed by atoms with Crippen LogP contribution in [0.4, 0.5) is 5.82 Å². The molecule has 2 unspecified atom stereocenters. The summed E-state index contributed by atoms with van der Waals surface area (Å²) in [6, 6.07) is 0. The van der Waals surface area contributed by atoms with E-state index in [-0.39, 0.29) is 11.3 Å². The predicted molar refractivity (Wildman–Crippen MR) is 93.3 cm³/mol. The van der Waals surface area contributed by atoms with Crippen molar-refractivity contribution >= 4 is 22.9 Å². The van der Waals surface area contributed by atoms with Crippen LogP contribution in [0.5, 0.6) is 0 Å². The fraction of sp³-hybridized carbons (Fsp3) is 0.667. The van der Waals surface area contributed by atoms with Gasteiger partial charge in [0.05, 0.1) is 11.7 Å². The number of hydrogen-bond acceptors (Lipinski definition) is 5. The largest absolute Gasteiger partial charge is 0.340 e. The molecule has 0 saturated heterocycles. The van der Waals surface area contributed by atoms with E-state index in [0.717, 1.165) is 19.3 Å². The zero-order chi connectivity index (χ0) is 17.3. The SMILES string of the molecule is CC12CC3CC(C)(C1)CC(C(=O)NNc1ncnc4nc[nH]c14)(C3)C2. The number of hydrazine groups is 1. The highest BCUT2D eigenvalue weighted by Crippen LogP contribution is 2.69. The molecule has 0 spiro atoms. The molecule has 6 rings (SSSR count). The molecule has 4 aliphatic carbocycles. The van der Waals surface area contributed by atoms with E-state index in [0.29, 0.717) is 33.7 Å². The molecular formula is C18H24N6O. The first-order valence-corrected chi connectivity index (χ1v) is 9.09. The quantitative estimate of drug-likeness (QED) is 0.747. The summed E-state index contributed by atoms with van der Waals surface area (Å²) < 4.78 is 0. The Morgan fingerprint density at radius 3 is 2.60 bits per heavy atom. The predicted octanol–water partition coefficient (Wildman–Crippen LogP) is 2.79. The van der Waals surface area contributed by atoms with Gasteiger partial charge >= 0.3 is 0 Å². The zero-order valence-corrected chi connectivity index (χ0v) is 14.7. The van der Waals surface area contributed by atoms with E-state index >= 15 is 0 Å². The lowest BCUT2D eigenvalue weighted by atomic mass is 9.40. The Balaban J connectivity index is 1.39. The molecule has 0 aliphatic heterocycles. The van der Waals surface area contributed by atoms with Gasteiger partial charge in [-0.3, -0.25) is 15.6 Å². The van der Waals surface area contributed by atoms with Crippen LogP contribution in [-0.4, -0.2) is 25.8 Å². The minimum atomic E-state index is -0.240. The summed E-state index contributed by atoms with van der Waals surface area (Å²) in [5.74, 6) is 1.36. The van der Waals surface area contributed by atoms with Crippen LogP contribution in [0, 0.1) is 22.2 Å². The first-order valence-electron chi connectivity index (χ1n) is 9.09. The number of nitrogens with one attached hydrogen (secondary N) is 3. The summed E-state index contributed by atoms with van der Waals surface area (Å²) in [7, 11) is 0. The number of rotatable bonds is 3. The number of aromatic nitrogens is 4. The van der Waals surface area contributed by atoms with Gasteiger partial charge in [-0.05, 0) is 55.3 Å². The Labute approximate surface area is 146 Å². The van der Waals surface area contributed by atoms with Crippen LogP contribution >= 0.6 is 0 Å². The van der Waals surface area contributed by atoms with E-state index < -0.39 is 0 Å². The number of fused-ring (bicyclic) bond motifs is 1. The van der Waals surface area contributed by atoms with Crippen molar-refractivity contribution in [1.29, 1.82) is 0 Å². The molecule has 2 atom stereocenters. The summed E-state index contributed by atoms with van der Waals surface area (Å²) in [6.45, 7) is 4.76. The first-order chi connectivity index (χ1) is 11.9. The molecule has 0 aromatic carbocycles. The van der Waals surface area contributed by atoms with Gasteiger partial charge in [-0.2, -0.15) is 0 Å². The van der Waals surface area contributed by atoms with Crippen molar-refractivity contribution in [2.45, 2.75) is 52.4 Å². The summed E-state index contributed by atoms with van der Waals surface area (Å²) in [6.07, 6.45) is 9.88. The molecule has 2 heterocycles. The molecule has 7 heteroatoms. The van der Waals surface area contributed by atoms with Crippen LogP contribution in [0.15, 0.2) is 12.7 Å². The number of anilines is 1. The van der Waals surface area contributed by atoms with E-state index in [9.17, 15) is 4.79 Å². The number of imidazole rings is 1. The maximum absolute atomic E-state index is 13.2. The standard InChI is InChI=1S/C18H24N6O/c1-16-3-11-4-17(2,6-16)8-18(5-11,7-16)15(25)24-23-14-12-13(20-9-19-12)21-10-22-14/h9-11H,3-8H2,1-2H3,(H,24,25)(H2,19,20,21,22,23). The Morgan fingerprint density at radius 1 is 1.12 bits per heavy atom. The van der Waals surface area contributed by atoms with E-state index in [1.54, 1.807) is 6.33 Å². The molecule has 7 nitrogen and oxygen atoms in total. The number of amides is 1. The third kappa shape index (κ3) is 2.24. The number of carbonyl (C=O) groups is 1. The van der Waals surface area contributed by atoms with Crippen molar-refractivity contribution in [2.75, 3.05) is 5.43 Å². The minimum Gasteiger partial charge on any atom is -0.340 e. The lowest BCUT2D eigenvalue weighted by molar-refractivity contribution is -0.169. The Kier molecular flexibility index (Phi) is 2.84. The summed E-state index contributed by atoms with van der Waals surface area (Å²) in [5, 5.41) is 0. The molecule has 4 aliphatic rings. The Morgan fingerprint density at radius 2 is 1.88 bits per heavy atom. The lowest BCUT2D eigenvalue weighted by Gasteiger charge is -2.64. The number of carbonyl (C=O) groups excluding carboxylic acids is 1. The van der Waals surface area contributed by atoms with E-state index in [1.165, 1.54) is 25.6 Å². The van der Waals surface area contributed by atoms with E-state index in [1.807, 2.05) is 0 Å². The highest BCUT2D eigenvalue weighted by Gasteiger charge is 2.62. The second-order valence-electron chi connectivity index (χ2n) is 9.31. The fourth-order valence-corrected chi connectivity index (χ4v) is 6.81. The van der Waals surface area contributed by atoms with Gasteiger partial charge in [0.15, 0.2) is 11.5 Å². The smallest absolute Gasteiger partial charge is 0.244 e. The molecule has 3 N–H and O–H groups in total. The fourth-order valence-electron chi connectivity index (χ4n) is 6.81. The summed E-state index contributed by atoms with van der Waals surface area (Å²) >= 11 is 0. The van der Waals surface area contributed by atoms with Gasteiger partial charge < -0.3 is 4.98 Å². The van der Waals surface area contributed by atoms with Gasteiger partial charge in [0, 0.05) is 0 Å². The van der Waals surface area contributed by atoms with Crippen LogP contribution in [0.1, 0.15) is 52.4 Å². The minimum absolute atomic E-state index is 0.111. The van der Waals surface area contributed by atoms with Gasteiger partial charge in [-0.15, -0.1) is 0 Å². The molecule has 2 aromatic heterocycles. The van der Waals surface area contributed by atoms with Crippen molar-refractivity contribution in [2.24, 2.45) is 22.2 Å². The molecule has 132 valence electrons. The van der Waals surface area contributed by atoms with E-state index in [2.05, 4.69) is 44.6 Å². The summed E-state index contributed by atoms with van der Waals surface area (Å²) in [4.78, 5) is 28.6. The van der Waals surface area contributed by atoms with Crippen molar-refractivity contribution in [3.8, 4) is 0 Å². The number of nitrogens with zero attached hydrogens (tertiary/aromatic N) is 3. The van der Waals surface area contributed by atoms with Crippen LogP contribution < -0.4 is 10.9 Å². The van der Waals surface area contributed by atoms with Crippen LogP contribution in [0.25, 0.3) is 11.2 Å².